The molecule has 0 atom stereocenters. The molecule has 0 saturated heterocycles. The molecule has 4 nitrogen and oxygen atoms in total. The third kappa shape index (κ3) is 3.07. The van der Waals surface area contributed by atoms with E-state index in [1.807, 2.05) is 0 Å². The van der Waals surface area contributed by atoms with Crippen molar-refractivity contribution in [2.75, 3.05) is 5.32 Å². The Hall–Kier alpha value is -2.70. The van der Waals surface area contributed by atoms with Gasteiger partial charge in [0, 0.05) is 12.1 Å². The predicted octanol–water partition coefficient (Wildman–Crippen LogP) is 2.81. The fraction of sp³-hybridized carbons (Fsp3) is 0.0714. The van der Waals surface area contributed by atoms with Crippen LogP contribution in [0.5, 0.6) is 0 Å². The van der Waals surface area contributed by atoms with Crippen molar-refractivity contribution in [2.24, 2.45) is 10.9 Å². The summed E-state index contributed by atoms with van der Waals surface area (Å²) in [7, 11) is 0. The van der Waals surface area contributed by atoms with Crippen LogP contribution in [0.15, 0.2) is 41.6 Å². The summed E-state index contributed by atoms with van der Waals surface area (Å²) in [5.74, 6) is -3.10. The van der Waals surface area contributed by atoms with Crippen molar-refractivity contribution in [1.29, 1.82) is 0 Å². The Kier molecular flexibility index (Phi) is 4.32. The van der Waals surface area contributed by atoms with E-state index in [1.165, 1.54) is 30.3 Å². The number of rotatable bonds is 4. The number of hydrogen-bond acceptors (Lipinski definition) is 3. The molecule has 0 radical (unpaired) electrons. The lowest BCUT2D eigenvalue weighted by Crippen LogP contribution is -2.16. The second-order valence-electron chi connectivity index (χ2n) is 4.22. The van der Waals surface area contributed by atoms with Crippen LogP contribution < -0.4 is 11.1 Å². The molecule has 0 heterocycles. The normalized spacial score (nSPS) is 11.5. The summed E-state index contributed by atoms with van der Waals surface area (Å²) in [6.45, 7) is -0.0846. The van der Waals surface area contributed by atoms with Crippen LogP contribution in [0.4, 0.5) is 18.9 Å². The molecule has 0 aromatic heterocycles. The smallest absolute Gasteiger partial charge is 0.181 e. The zero-order chi connectivity index (χ0) is 15.4. The molecule has 0 bridgehead atoms. The van der Waals surface area contributed by atoms with E-state index in [1.54, 1.807) is 0 Å². The minimum atomic E-state index is -1.04. The van der Waals surface area contributed by atoms with Crippen LogP contribution in [0, 0.1) is 17.5 Å². The molecule has 0 fully saturated rings. The summed E-state index contributed by atoms with van der Waals surface area (Å²) in [5, 5.41) is 13.9. The predicted molar refractivity (Wildman–Crippen MR) is 72.6 cm³/mol. The largest absolute Gasteiger partial charge is 0.409 e. The maximum absolute atomic E-state index is 14.1. The highest BCUT2D eigenvalue weighted by Gasteiger charge is 2.12. The molecule has 0 aliphatic rings. The lowest BCUT2D eigenvalue weighted by molar-refractivity contribution is 0.318. The number of nitrogens with two attached hydrogens (primary N) is 1. The van der Waals surface area contributed by atoms with Gasteiger partial charge in [-0.1, -0.05) is 23.4 Å². The summed E-state index contributed by atoms with van der Waals surface area (Å²) in [5.41, 5.74) is 5.36. The van der Waals surface area contributed by atoms with E-state index in [0.717, 1.165) is 6.07 Å². The molecular formula is C14H12F3N3O. The van der Waals surface area contributed by atoms with Crippen molar-refractivity contribution in [3.63, 3.8) is 0 Å². The van der Waals surface area contributed by atoms with Crippen LogP contribution in [-0.2, 0) is 6.54 Å². The van der Waals surface area contributed by atoms with E-state index in [2.05, 4.69) is 10.5 Å². The number of hydrogen-bond donors (Lipinski definition) is 3. The third-order valence-corrected chi connectivity index (χ3v) is 2.88. The second-order valence-corrected chi connectivity index (χ2v) is 4.22. The number of oxime groups is 1. The van der Waals surface area contributed by atoms with Gasteiger partial charge in [-0.2, -0.15) is 0 Å². The van der Waals surface area contributed by atoms with E-state index in [9.17, 15) is 13.2 Å². The Morgan fingerprint density at radius 3 is 2.52 bits per heavy atom. The minimum absolute atomic E-state index is 0.0727. The summed E-state index contributed by atoms with van der Waals surface area (Å²) in [4.78, 5) is 0. The van der Waals surface area contributed by atoms with Crippen molar-refractivity contribution >= 4 is 11.5 Å². The number of halogens is 3. The van der Waals surface area contributed by atoms with E-state index < -0.39 is 17.5 Å². The Bertz CT molecular complexity index is 689. The molecule has 0 spiro atoms. The molecule has 4 N–H and O–H groups in total. The monoisotopic (exact) mass is 295 g/mol. The average Bonchev–Trinajstić information content (AvgIpc) is 2.49. The molecule has 2 rings (SSSR count). The lowest BCUT2D eigenvalue weighted by Gasteiger charge is -2.10. The molecule has 7 heteroatoms. The molecule has 0 saturated carbocycles. The Balaban J connectivity index is 2.23. The van der Waals surface area contributed by atoms with Crippen molar-refractivity contribution in [3.8, 4) is 0 Å². The third-order valence-electron chi connectivity index (χ3n) is 2.88. The molecule has 0 aliphatic heterocycles. The van der Waals surface area contributed by atoms with Crippen molar-refractivity contribution in [3.05, 3.63) is 65.0 Å². The SMILES string of the molecule is N/C(=N/O)c1cccc(CNc2cccc(F)c2F)c1F. The number of benzene rings is 2. The van der Waals surface area contributed by atoms with Crippen LogP contribution in [0.25, 0.3) is 0 Å². The highest BCUT2D eigenvalue weighted by molar-refractivity contribution is 5.97. The molecule has 110 valence electrons. The summed E-state index contributed by atoms with van der Waals surface area (Å²) >= 11 is 0. The van der Waals surface area contributed by atoms with Crippen molar-refractivity contribution < 1.29 is 18.4 Å². The molecular weight excluding hydrogens is 283 g/mol. The van der Waals surface area contributed by atoms with Gasteiger partial charge in [-0.3, -0.25) is 0 Å². The quantitative estimate of drug-likeness (QED) is 0.351. The number of amidine groups is 1. The zero-order valence-corrected chi connectivity index (χ0v) is 10.8. The topological polar surface area (TPSA) is 70.6 Å². The van der Waals surface area contributed by atoms with E-state index in [4.69, 9.17) is 10.9 Å². The van der Waals surface area contributed by atoms with Crippen LogP contribution in [0.2, 0.25) is 0 Å². The van der Waals surface area contributed by atoms with Gasteiger partial charge in [-0.15, -0.1) is 0 Å². The Labute approximate surface area is 118 Å². The number of nitrogens with one attached hydrogen (secondary N) is 1. The maximum Gasteiger partial charge on any atom is 0.181 e. The van der Waals surface area contributed by atoms with Crippen molar-refractivity contribution in [1.82, 2.24) is 0 Å². The van der Waals surface area contributed by atoms with Crippen LogP contribution in [-0.4, -0.2) is 11.0 Å². The van der Waals surface area contributed by atoms with E-state index in [-0.39, 0.29) is 29.2 Å². The molecule has 21 heavy (non-hydrogen) atoms. The highest BCUT2D eigenvalue weighted by atomic mass is 19.2. The molecule has 0 unspecified atom stereocenters. The Morgan fingerprint density at radius 2 is 1.81 bits per heavy atom. The van der Waals surface area contributed by atoms with Gasteiger partial charge in [0.25, 0.3) is 0 Å². The standard InChI is InChI=1S/C14H12F3N3O/c15-10-5-2-6-11(13(10)17)19-7-8-3-1-4-9(12(8)16)14(18)20-21/h1-6,19,21H,7H2,(H2,18,20). The molecule has 0 aliphatic carbocycles. The van der Waals surface area contributed by atoms with Crippen LogP contribution in [0.3, 0.4) is 0 Å². The first kappa shape index (κ1) is 14.7. The van der Waals surface area contributed by atoms with Crippen molar-refractivity contribution in [2.45, 2.75) is 6.54 Å². The average molecular weight is 295 g/mol. The van der Waals surface area contributed by atoms with E-state index in [0.29, 0.717) is 0 Å². The van der Waals surface area contributed by atoms with Gasteiger partial charge < -0.3 is 16.3 Å². The second kappa shape index (κ2) is 6.17. The molecule has 2 aromatic carbocycles. The summed E-state index contributed by atoms with van der Waals surface area (Å²) in [6.07, 6.45) is 0. The van der Waals surface area contributed by atoms with Gasteiger partial charge in [0.15, 0.2) is 17.5 Å². The maximum atomic E-state index is 14.1. The van der Waals surface area contributed by atoms with Crippen LogP contribution in [0.1, 0.15) is 11.1 Å². The Morgan fingerprint density at radius 1 is 1.10 bits per heavy atom. The van der Waals surface area contributed by atoms with Gasteiger partial charge in [-0.25, -0.2) is 13.2 Å². The lowest BCUT2D eigenvalue weighted by atomic mass is 10.1. The number of nitrogens with zero attached hydrogens (tertiary/aromatic N) is 1. The van der Waals surface area contributed by atoms with Crippen LogP contribution >= 0.6 is 0 Å². The minimum Gasteiger partial charge on any atom is -0.409 e. The first-order chi connectivity index (χ1) is 10.0. The van der Waals surface area contributed by atoms with E-state index >= 15 is 0 Å². The molecule has 0 amide bonds. The number of anilines is 1. The summed E-state index contributed by atoms with van der Waals surface area (Å²) in [6, 6.07) is 7.97. The van der Waals surface area contributed by atoms with Gasteiger partial charge in [0.2, 0.25) is 0 Å². The first-order valence-electron chi connectivity index (χ1n) is 5.97. The molecule has 2 aromatic rings. The van der Waals surface area contributed by atoms with Gasteiger partial charge in [0.05, 0.1) is 11.3 Å². The highest BCUT2D eigenvalue weighted by Crippen LogP contribution is 2.19. The first-order valence-corrected chi connectivity index (χ1v) is 5.97. The fourth-order valence-corrected chi connectivity index (χ4v) is 1.80. The van der Waals surface area contributed by atoms with Gasteiger partial charge in [0.1, 0.15) is 5.82 Å². The fourth-order valence-electron chi connectivity index (χ4n) is 1.80. The van der Waals surface area contributed by atoms with Gasteiger partial charge >= 0.3 is 0 Å². The van der Waals surface area contributed by atoms with Gasteiger partial charge in [-0.05, 0) is 18.2 Å². The summed E-state index contributed by atoms with van der Waals surface area (Å²) < 4.78 is 40.6. The zero-order valence-electron chi connectivity index (χ0n) is 10.8.